The van der Waals surface area contributed by atoms with E-state index in [0.717, 1.165) is 11.3 Å². The Hall–Kier alpha value is -3.40. The van der Waals surface area contributed by atoms with Crippen molar-refractivity contribution in [1.82, 2.24) is 4.98 Å². The summed E-state index contributed by atoms with van der Waals surface area (Å²) in [5.74, 6) is 2.52. The zero-order chi connectivity index (χ0) is 15.2. The van der Waals surface area contributed by atoms with Gasteiger partial charge in [0.2, 0.25) is 0 Å². The molecule has 0 bridgehead atoms. The fraction of sp³-hybridized carbons (Fsp3) is 0.0625. The minimum absolute atomic E-state index is 0.139. The first-order valence-corrected chi connectivity index (χ1v) is 5.99. The molecule has 2 aromatic rings. The maximum atomic E-state index is 8.97. The number of hydrogen-bond acceptors (Lipinski definition) is 3. The van der Waals surface area contributed by atoms with Crippen LogP contribution in [0.25, 0.3) is 22.2 Å². The smallest absolute Gasteiger partial charge is 0.310 e. The van der Waals surface area contributed by atoms with E-state index >= 15 is 0 Å². The van der Waals surface area contributed by atoms with Gasteiger partial charge in [-0.3, -0.25) is 0 Å². The molecular weight excluding hydrogens is 264 g/mol. The molecule has 0 unspecified atom stereocenters. The minimum Gasteiger partial charge on any atom is -0.762 e. The van der Waals surface area contributed by atoms with Crippen LogP contribution in [0.15, 0.2) is 36.4 Å². The molecule has 0 saturated heterocycles. The van der Waals surface area contributed by atoms with Gasteiger partial charge in [-0.1, -0.05) is 5.26 Å². The molecule has 1 aromatic heterocycles. The van der Waals surface area contributed by atoms with Gasteiger partial charge in [0, 0.05) is 5.56 Å². The first-order chi connectivity index (χ1) is 10.2. The van der Waals surface area contributed by atoms with Gasteiger partial charge in [-0.05, 0) is 36.4 Å². The van der Waals surface area contributed by atoms with Crippen molar-refractivity contribution in [1.29, 1.82) is 5.26 Å². The van der Waals surface area contributed by atoms with Gasteiger partial charge < -0.3 is 10.1 Å². The highest BCUT2D eigenvalue weighted by atomic mass is 16.5. The average molecular weight is 274 g/mol. The van der Waals surface area contributed by atoms with E-state index in [1.807, 2.05) is 12.1 Å². The predicted molar refractivity (Wildman–Crippen MR) is 77.6 cm³/mol. The SMILES string of the molecule is COc1ccc(-c2ccc(C#[NH+])c(C(=C=[N-])C#N)n2)cc1. The molecule has 0 aliphatic carbocycles. The molecule has 0 spiro atoms. The third-order valence-corrected chi connectivity index (χ3v) is 2.88. The zero-order valence-electron chi connectivity index (χ0n) is 11.2. The van der Waals surface area contributed by atoms with Crippen molar-refractivity contribution in [3.8, 4) is 29.1 Å². The van der Waals surface area contributed by atoms with Crippen molar-refractivity contribution in [3.63, 3.8) is 0 Å². The van der Waals surface area contributed by atoms with Crippen LogP contribution in [0.4, 0.5) is 0 Å². The van der Waals surface area contributed by atoms with Crippen molar-refractivity contribution in [3.05, 3.63) is 53.1 Å². The van der Waals surface area contributed by atoms with Crippen molar-refractivity contribution in [2.45, 2.75) is 0 Å². The summed E-state index contributed by atoms with van der Waals surface area (Å²) in [6, 6.07) is 14.6. The van der Waals surface area contributed by atoms with E-state index in [1.54, 1.807) is 43.3 Å². The number of allylic oxidation sites excluding steroid dienone is 1. The Morgan fingerprint density at radius 1 is 1.24 bits per heavy atom. The number of hydrogen-bond donors (Lipinski definition) is 1. The van der Waals surface area contributed by atoms with Crippen molar-refractivity contribution in [2.75, 3.05) is 7.11 Å². The molecule has 0 fully saturated rings. The number of benzene rings is 1. The highest BCUT2D eigenvalue weighted by Crippen LogP contribution is 2.23. The monoisotopic (exact) mass is 274 g/mol. The summed E-state index contributed by atoms with van der Waals surface area (Å²) in [7, 11) is 1.58. The van der Waals surface area contributed by atoms with Crippen LogP contribution >= 0.6 is 0 Å². The maximum absolute atomic E-state index is 8.97. The number of nitrogens with one attached hydrogen (secondary N) is 1. The molecule has 0 amide bonds. The molecule has 0 aliphatic rings. The molecule has 5 nitrogen and oxygen atoms in total. The second-order valence-corrected chi connectivity index (χ2v) is 4.04. The highest BCUT2D eigenvalue weighted by Gasteiger charge is 2.12. The lowest BCUT2D eigenvalue weighted by molar-refractivity contribution is -0.0909. The van der Waals surface area contributed by atoms with Gasteiger partial charge in [-0.2, -0.15) is 5.26 Å². The topological polar surface area (TPSA) is 92.0 Å². The second kappa shape index (κ2) is 6.16. The molecule has 5 heteroatoms. The van der Waals surface area contributed by atoms with Gasteiger partial charge in [-0.15, -0.1) is 0 Å². The predicted octanol–water partition coefficient (Wildman–Crippen LogP) is 1.02. The molecule has 0 radical (unpaired) electrons. The molecule has 100 valence electrons. The van der Waals surface area contributed by atoms with Crippen molar-refractivity contribution >= 4 is 11.4 Å². The molecule has 2 rings (SSSR count). The number of nitriles is 1. The van der Waals surface area contributed by atoms with Gasteiger partial charge in [-0.25, -0.2) is 10.9 Å². The third-order valence-electron chi connectivity index (χ3n) is 2.88. The molecular formula is C16H10N4O. The summed E-state index contributed by atoms with van der Waals surface area (Å²) in [5.41, 5.74) is 1.77. The number of nitrogens with zero attached hydrogens (tertiary/aromatic N) is 3. The molecule has 1 heterocycles. The van der Waals surface area contributed by atoms with E-state index in [4.69, 9.17) is 20.7 Å². The molecule has 0 aliphatic heterocycles. The van der Waals surface area contributed by atoms with Gasteiger partial charge in [0.05, 0.1) is 18.4 Å². The summed E-state index contributed by atoms with van der Waals surface area (Å²) >= 11 is 0. The molecule has 0 saturated carbocycles. The lowest BCUT2D eigenvalue weighted by atomic mass is 10.1. The van der Waals surface area contributed by atoms with Crippen LogP contribution < -0.4 is 10.00 Å². The highest BCUT2D eigenvalue weighted by molar-refractivity contribution is 5.98. The van der Waals surface area contributed by atoms with Crippen molar-refractivity contribution in [2.24, 2.45) is 0 Å². The fourth-order valence-electron chi connectivity index (χ4n) is 1.80. The number of ether oxygens (including phenoxy) is 1. The summed E-state index contributed by atoms with van der Waals surface area (Å²) in [6.07, 6.45) is 0. The Labute approximate surface area is 121 Å². The van der Waals surface area contributed by atoms with Crippen LogP contribution in [0.3, 0.4) is 0 Å². The lowest BCUT2D eigenvalue weighted by Gasteiger charge is -2.06. The second-order valence-electron chi connectivity index (χ2n) is 4.04. The maximum Gasteiger partial charge on any atom is 0.310 e. The van der Waals surface area contributed by atoms with E-state index in [1.165, 1.54) is 0 Å². The van der Waals surface area contributed by atoms with Crippen molar-refractivity contribution < 1.29 is 10.00 Å². The third kappa shape index (κ3) is 2.79. The van der Waals surface area contributed by atoms with Gasteiger partial charge >= 0.3 is 6.07 Å². The molecule has 1 N–H and O–H groups in total. The van der Waals surface area contributed by atoms with Crippen LogP contribution in [0.2, 0.25) is 0 Å². The Morgan fingerprint density at radius 2 is 1.95 bits per heavy atom. The Bertz CT molecular complexity index is 804. The normalized spacial score (nSPS) is 9.10. The van der Waals surface area contributed by atoms with E-state index in [-0.39, 0.29) is 11.3 Å². The molecule has 1 aromatic carbocycles. The summed E-state index contributed by atoms with van der Waals surface area (Å²) < 4.78 is 5.09. The summed E-state index contributed by atoms with van der Waals surface area (Å²) in [6.45, 7) is 0. The van der Waals surface area contributed by atoms with E-state index in [2.05, 4.69) is 11.1 Å². The van der Waals surface area contributed by atoms with E-state index in [0.29, 0.717) is 11.3 Å². The first kappa shape index (κ1) is 14.0. The number of aromatic nitrogens is 1. The summed E-state index contributed by atoms with van der Waals surface area (Å²) in [4.78, 5) is 4.31. The number of rotatable bonds is 3. The first-order valence-electron chi connectivity index (χ1n) is 5.99. The number of pyridine rings is 1. The standard InChI is InChI=1S/C16H9N4O/c1-21-14-5-2-11(3-6-14)15-7-4-12(8-17)16(20-15)13(9-18)10-19/h2-7H,1H3/q-1/p+1. The Morgan fingerprint density at radius 3 is 2.48 bits per heavy atom. The Kier molecular flexibility index (Phi) is 4.11. The van der Waals surface area contributed by atoms with Gasteiger partial charge in [0.25, 0.3) is 0 Å². The Balaban J connectivity index is 2.57. The molecule has 0 atom stereocenters. The number of methoxy groups -OCH3 is 1. The molecule has 21 heavy (non-hydrogen) atoms. The van der Waals surface area contributed by atoms with E-state index in [9.17, 15) is 0 Å². The van der Waals surface area contributed by atoms with Crippen LogP contribution in [0, 0.1) is 17.4 Å². The van der Waals surface area contributed by atoms with Gasteiger partial charge in [0.1, 0.15) is 23.1 Å². The lowest BCUT2D eigenvalue weighted by Crippen LogP contribution is -2.18. The van der Waals surface area contributed by atoms with Gasteiger partial charge in [0.15, 0.2) is 0 Å². The summed E-state index contributed by atoms with van der Waals surface area (Å²) in [5, 5.41) is 25.2. The minimum atomic E-state index is -0.139. The zero-order valence-corrected chi connectivity index (χ0v) is 11.2. The average Bonchev–Trinajstić information content (AvgIpc) is 2.56. The van der Waals surface area contributed by atoms with Crippen LogP contribution in [0.1, 0.15) is 11.3 Å². The quantitative estimate of drug-likeness (QED) is 0.669. The van der Waals surface area contributed by atoms with E-state index < -0.39 is 0 Å². The van der Waals surface area contributed by atoms with Crippen LogP contribution in [-0.4, -0.2) is 18.0 Å². The van der Waals surface area contributed by atoms with Crippen LogP contribution in [0.5, 0.6) is 5.75 Å². The fourth-order valence-corrected chi connectivity index (χ4v) is 1.80. The van der Waals surface area contributed by atoms with Crippen LogP contribution in [-0.2, 0) is 0 Å². The largest absolute Gasteiger partial charge is 0.762 e.